The molecule has 0 aromatic heterocycles. The van der Waals surface area contributed by atoms with E-state index in [0.29, 0.717) is 0 Å². The molecule has 0 N–H and O–H groups in total. The second kappa shape index (κ2) is 3.59. The molecule has 0 bridgehead atoms. The van der Waals surface area contributed by atoms with E-state index >= 15 is 0 Å². The van der Waals surface area contributed by atoms with Gasteiger partial charge in [0, 0.05) is 3.92 Å². The van der Waals surface area contributed by atoms with Gasteiger partial charge in [-0.1, -0.05) is 41.2 Å². The summed E-state index contributed by atoms with van der Waals surface area (Å²) >= 11 is 2.54. The van der Waals surface area contributed by atoms with Crippen LogP contribution in [0.4, 0.5) is 0 Å². The zero-order valence-electron chi connectivity index (χ0n) is 5.86. The average Bonchev–Trinajstić information content (AvgIpc) is 2.37. The summed E-state index contributed by atoms with van der Waals surface area (Å²) in [5.74, 6) is 0. The molecule has 0 amide bonds. The van der Waals surface area contributed by atoms with Gasteiger partial charge in [0.05, 0.1) is 0 Å². The van der Waals surface area contributed by atoms with Gasteiger partial charge in [-0.25, -0.2) is 0 Å². The van der Waals surface area contributed by atoms with Gasteiger partial charge in [0.25, 0.3) is 0 Å². The first-order valence-electron chi connectivity index (χ1n) is 3.67. The van der Waals surface area contributed by atoms with Gasteiger partial charge in [0.15, 0.2) is 0 Å². The zero-order chi connectivity index (χ0) is 6.69. The Labute approximate surface area is 70.9 Å². The Morgan fingerprint density at radius 1 is 1.78 bits per heavy atom. The lowest BCUT2D eigenvalue weighted by Crippen LogP contribution is -1.96. The van der Waals surface area contributed by atoms with Crippen molar-refractivity contribution in [3.63, 3.8) is 0 Å². The standard InChI is InChI=1S/C8H13I/c1-2-8(9)7-5-3-4-6-7/h5,8H,2-4,6H2,1H3/t8-/m1/s1. The zero-order valence-corrected chi connectivity index (χ0v) is 8.02. The highest BCUT2D eigenvalue weighted by Gasteiger charge is 2.10. The summed E-state index contributed by atoms with van der Waals surface area (Å²) in [7, 11) is 0. The van der Waals surface area contributed by atoms with Gasteiger partial charge >= 0.3 is 0 Å². The second-order valence-electron chi connectivity index (χ2n) is 2.55. The minimum absolute atomic E-state index is 0.824. The third kappa shape index (κ3) is 1.95. The molecule has 1 aliphatic carbocycles. The molecule has 0 aliphatic heterocycles. The topological polar surface area (TPSA) is 0 Å². The summed E-state index contributed by atoms with van der Waals surface area (Å²) in [4.78, 5) is 0. The molecule has 0 radical (unpaired) electrons. The van der Waals surface area contributed by atoms with Gasteiger partial charge in [0.2, 0.25) is 0 Å². The Bertz CT molecular complexity index is 116. The van der Waals surface area contributed by atoms with Gasteiger partial charge in [-0.15, -0.1) is 0 Å². The molecule has 9 heavy (non-hydrogen) atoms. The van der Waals surface area contributed by atoms with E-state index in [1.165, 1.54) is 25.7 Å². The van der Waals surface area contributed by atoms with Gasteiger partial charge in [-0.2, -0.15) is 0 Å². The molecule has 0 nitrogen and oxygen atoms in total. The minimum Gasteiger partial charge on any atom is -0.0843 e. The Morgan fingerprint density at radius 2 is 2.56 bits per heavy atom. The minimum atomic E-state index is 0.824. The lowest BCUT2D eigenvalue weighted by molar-refractivity contribution is 0.855. The molecule has 0 fully saturated rings. The number of allylic oxidation sites excluding steroid dienone is 2. The number of hydrogen-bond acceptors (Lipinski definition) is 0. The number of halogens is 1. The van der Waals surface area contributed by atoms with Crippen LogP contribution in [-0.4, -0.2) is 3.92 Å². The van der Waals surface area contributed by atoms with Gasteiger partial charge in [-0.05, 0) is 25.7 Å². The predicted molar refractivity (Wildman–Crippen MR) is 50.0 cm³/mol. The molecule has 0 aromatic rings. The van der Waals surface area contributed by atoms with Crippen molar-refractivity contribution in [2.24, 2.45) is 0 Å². The molecule has 1 heteroatoms. The van der Waals surface area contributed by atoms with E-state index in [-0.39, 0.29) is 0 Å². The number of hydrogen-bond donors (Lipinski definition) is 0. The summed E-state index contributed by atoms with van der Waals surface area (Å²) in [6.45, 7) is 2.26. The van der Waals surface area contributed by atoms with Crippen LogP contribution in [0.3, 0.4) is 0 Å². The van der Waals surface area contributed by atoms with Crippen molar-refractivity contribution in [1.29, 1.82) is 0 Å². The maximum Gasteiger partial charge on any atom is 0.0316 e. The van der Waals surface area contributed by atoms with E-state index in [2.05, 4.69) is 35.6 Å². The van der Waals surface area contributed by atoms with Crippen LogP contribution in [0.2, 0.25) is 0 Å². The molecule has 52 valence electrons. The highest BCUT2D eigenvalue weighted by atomic mass is 127. The van der Waals surface area contributed by atoms with Crippen molar-refractivity contribution in [2.75, 3.05) is 0 Å². The largest absolute Gasteiger partial charge is 0.0843 e. The Morgan fingerprint density at radius 3 is 3.00 bits per heavy atom. The fourth-order valence-corrected chi connectivity index (χ4v) is 1.81. The van der Waals surface area contributed by atoms with Gasteiger partial charge in [0.1, 0.15) is 0 Å². The number of alkyl halides is 1. The summed E-state index contributed by atoms with van der Waals surface area (Å²) in [5, 5.41) is 0. The summed E-state index contributed by atoms with van der Waals surface area (Å²) < 4.78 is 0.824. The third-order valence-electron chi connectivity index (χ3n) is 1.84. The van der Waals surface area contributed by atoms with Crippen molar-refractivity contribution < 1.29 is 0 Å². The van der Waals surface area contributed by atoms with Crippen molar-refractivity contribution in [3.8, 4) is 0 Å². The first kappa shape index (κ1) is 7.58. The highest BCUT2D eigenvalue weighted by Crippen LogP contribution is 2.27. The van der Waals surface area contributed by atoms with Crippen LogP contribution in [0, 0.1) is 0 Å². The van der Waals surface area contributed by atoms with E-state index in [0.717, 1.165) is 3.92 Å². The molecule has 1 aliphatic rings. The third-order valence-corrected chi connectivity index (χ3v) is 3.52. The molecular weight excluding hydrogens is 223 g/mol. The summed E-state index contributed by atoms with van der Waals surface area (Å²) in [6.07, 6.45) is 7.80. The molecule has 0 aromatic carbocycles. The SMILES string of the molecule is CC[C@@H](I)C1=CCCC1. The molecule has 0 saturated heterocycles. The molecule has 1 rings (SSSR count). The first-order chi connectivity index (χ1) is 4.34. The van der Waals surface area contributed by atoms with Crippen molar-refractivity contribution >= 4 is 22.6 Å². The predicted octanol–water partition coefficient (Wildman–Crippen LogP) is 3.31. The first-order valence-corrected chi connectivity index (χ1v) is 4.92. The van der Waals surface area contributed by atoms with Crippen molar-refractivity contribution in [2.45, 2.75) is 36.5 Å². The fourth-order valence-electron chi connectivity index (χ4n) is 1.24. The smallest absolute Gasteiger partial charge is 0.0316 e. The van der Waals surface area contributed by atoms with Crippen LogP contribution in [0.5, 0.6) is 0 Å². The van der Waals surface area contributed by atoms with Crippen molar-refractivity contribution in [3.05, 3.63) is 11.6 Å². The maximum atomic E-state index is 2.54. The van der Waals surface area contributed by atoms with E-state index in [1.807, 2.05) is 0 Å². The van der Waals surface area contributed by atoms with Crippen molar-refractivity contribution in [1.82, 2.24) is 0 Å². The quantitative estimate of drug-likeness (QED) is 0.392. The number of rotatable bonds is 2. The second-order valence-corrected chi connectivity index (χ2v) is 4.05. The van der Waals surface area contributed by atoms with Crippen LogP contribution in [0.25, 0.3) is 0 Å². The van der Waals surface area contributed by atoms with Crippen LogP contribution in [0.15, 0.2) is 11.6 Å². The van der Waals surface area contributed by atoms with E-state index in [9.17, 15) is 0 Å². The summed E-state index contributed by atoms with van der Waals surface area (Å²) in [5.41, 5.74) is 1.69. The fraction of sp³-hybridized carbons (Fsp3) is 0.750. The van der Waals surface area contributed by atoms with E-state index in [1.54, 1.807) is 5.57 Å². The normalized spacial score (nSPS) is 21.8. The van der Waals surface area contributed by atoms with Crippen LogP contribution in [-0.2, 0) is 0 Å². The van der Waals surface area contributed by atoms with E-state index < -0.39 is 0 Å². The molecule has 0 unspecified atom stereocenters. The molecular formula is C8H13I. The maximum absolute atomic E-state index is 2.54. The molecule has 1 atom stereocenters. The highest BCUT2D eigenvalue weighted by molar-refractivity contribution is 14.1. The average molecular weight is 236 g/mol. The van der Waals surface area contributed by atoms with Gasteiger partial charge in [-0.3, -0.25) is 0 Å². The molecule has 0 heterocycles. The Hall–Kier alpha value is 0.470. The monoisotopic (exact) mass is 236 g/mol. The Kier molecular flexibility index (Phi) is 3.02. The van der Waals surface area contributed by atoms with Gasteiger partial charge < -0.3 is 0 Å². The van der Waals surface area contributed by atoms with Crippen LogP contribution >= 0.6 is 22.6 Å². The summed E-state index contributed by atoms with van der Waals surface area (Å²) in [6, 6.07) is 0. The van der Waals surface area contributed by atoms with Crippen LogP contribution < -0.4 is 0 Å². The molecule has 0 spiro atoms. The lowest BCUT2D eigenvalue weighted by Gasteiger charge is -2.05. The van der Waals surface area contributed by atoms with Crippen LogP contribution in [0.1, 0.15) is 32.6 Å². The van der Waals surface area contributed by atoms with E-state index in [4.69, 9.17) is 0 Å². The lowest BCUT2D eigenvalue weighted by atomic mass is 10.1. The molecule has 0 saturated carbocycles. The Balaban J connectivity index is 2.40.